The first-order valence-electron chi connectivity index (χ1n) is 6.93. The lowest BCUT2D eigenvalue weighted by Gasteiger charge is -2.24. The quantitative estimate of drug-likeness (QED) is 0.873. The maximum absolute atomic E-state index is 12.5. The fourth-order valence-electron chi connectivity index (χ4n) is 2.67. The summed E-state index contributed by atoms with van der Waals surface area (Å²) in [5.74, 6) is 0.0390. The second-order valence-electron chi connectivity index (χ2n) is 5.04. The summed E-state index contributed by atoms with van der Waals surface area (Å²) in [6.07, 6.45) is 1.88. The highest BCUT2D eigenvalue weighted by molar-refractivity contribution is 5.96. The summed E-state index contributed by atoms with van der Waals surface area (Å²) in [6, 6.07) is 5.80. The molecule has 0 radical (unpaired) electrons. The number of carbonyl (C=O) groups is 1. The molecule has 19 heavy (non-hydrogen) atoms. The molecule has 4 nitrogen and oxygen atoms in total. The third kappa shape index (κ3) is 2.89. The Bertz CT molecular complexity index is 459. The van der Waals surface area contributed by atoms with Crippen molar-refractivity contribution in [3.8, 4) is 0 Å². The van der Waals surface area contributed by atoms with Gasteiger partial charge in [-0.25, -0.2) is 0 Å². The number of nitrogens with zero attached hydrogens (tertiary/aromatic N) is 1. The molecule has 0 saturated carbocycles. The van der Waals surface area contributed by atoms with E-state index in [-0.39, 0.29) is 18.6 Å². The third-order valence-electron chi connectivity index (χ3n) is 3.69. The summed E-state index contributed by atoms with van der Waals surface area (Å²) in [5, 5.41) is 12.6. The SMILES string of the molecule is CCNc1ccc(C(=O)N2CCCC2CO)c(C)c1. The molecular weight excluding hydrogens is 240 g/mol. The summed E-state index contributed by atoms with van der Waals surface area (Å²) in [7, 11) is 0. The van der Waals surface area contributed by atoms with E-state index in [0.717, 1.165) is 42.7 Å². The van der Waals surface area contributed by atoms with Crippen LogP contribution in [-0.4, -0.2) is 41.7 Å². The van der Waals surface area contributed by atoms with E-state index in [0.29, 0.717) is 0 Å². The van der Waals surface area contributed by atoms with Gasteiger partial charge in [-0.15, -0.1) is 0 Å². The van der Waals surface area contributed by atoms with Gasteiger partial charge in [0.15, 0.2) is 0 Å². The van der Waals surface area contributed by atoms with E-state index in [4.69, 9.17) is 0 Å². The fraction of sp³-hybridized carbons (Fsp3) is 0.533. The normalized spacial score (nSPS) is 18.7. The Balaban J connectivity index is 2.19. The van der Waals surface area contributed by atoms with E-state index in [9.17, 15) is 9.90 Å². The number of aliphatic hydroxyl groups is 1. The van der Waals surface area contributed by atoms with Gasteiger partial charge in [-0.2, -0.15) is 0 Å². The molecule has 1 unspecified atom stereocenters. The number of benzene rings is 1. The Morgan fingerprint density at radius 2 is 2.32 bits per heavy atom. The summed E-state index contributed by atoms with van der Waals surface area (Å²) < 4.78 is 0. The lowest BCUT2D eigenvalue weighted by atomic mass is 10.1. The third-order valence-corrected chi connectivity index (χ3v) is 3.69. The number of aliphatic hydroxyl groups excluding tert-OH is 1. The molecule has 104 valence electrons. The van der Waals surface area contributed by atoms with Gasteiger partial charge < -0.3 is 15.3 Å². The van der Waals surface area contributed by atoms with Gasteiger partial charge in [-0.05, 0) is 50.5 Å². The molecule has 1 aliphatic heterocycles. The van der Waals surface area contributed by atoms with Gasteiger partial charge in [0.2, 0.25) is 0 Å². The molecule has 1 atom stereocenters. The number of nitrogens with one attached hydrogen (secondary N) is 1. The zero-order valence-corrected chi connectivity index (χ0v) is 11.6. The number of carbonyl (C=O) groups excluding carboxylic acids is 1. The van der Waals surface area contributed by atoms with Crippen molar-refractivity contribution in [3.05, 3.63) is 29.3 Å². The van der Waals surface area contributed by atoms with Gasteiger partial charge in [-0.3, -0.25) is 4.79 Å². The first kappa shape index (κ1) is 13.9. The second-order valence-corrected chi connectivity index (χ2v) is 5.04. The molecular formula is C15H22N2O2. The minimum atomic E-state index is -0.0136. The molecule has 1 amide bonds. The van der Waals surface area contributed by atoms with Crippen molar-refractivity contribution in [2.75, 3.05) is 25.0 Å². The zero-order valence-electron chi connectivity index (χ0n) is 11.6. The van der Waals surface area contributed by atoms with Crippen LogP contribution in [0.25, 0.3) is 0 Å². The van der Waals surface area contributed by atoms with Crippen LogP contribution in [0.2, 0.25) is 0 Å². The maximum atomic E-state index is 12.5. The number of hydrogen-bond acceptors (Lipinski definition) is 3. The number of amides is 1. The molecule has 0 spiro atoms. The number of anilines is 1. The molecule has 2 N–H and O–H groups in total. The largest absolute Gasteiger partial charge is 0.394 e. The van der Waals surface area contributed by atoms with Crippen molar-refractivity contribution in [3.63, 3.8) is 0 Å². The van der Waals surface area contributed by atoms with Crippen molar-refractivity contribution in [2.45, 2.75) is 32.7 Å². The van der Waals surface area contributed by atoms with Crippen LogP contribution in [0.4, 0.5) is 5.69 Å². The van der Waals surface area contributed by atoms with E-state index < -0.39 is 0 Å². The summed E-state index contributed by atoms with van der Waals surface area (Å²) in [5.41, 5.74) is 2.76. The van der Waals surface area contributed by atoms with Crippen LogP contribution in [0.15, 0.2) is 18.2 Å². The second kappa shape index (κ2) is 6.06. The van der Waals surface area contributed by atoms with Crippen LogP contribution in [-0.2, 0) is 0 Å². The molecule has 1 heterocycles. The van der Waals surface area contributed by atoms with Crippen LogP contribution in [0.5, 0.6) is 0 Å². The standard InChI is InChI=1S/C15H22N2O2/c1-3-16-12-6-7-14(11(2)9-12)15(19)17-8-4-5-13(17)10-18/h6-7,9,13,16,18H,3-5,8,10H2,1-2H3. The van der Waals surface area contributed by atoms with Crippen LogP contribution < -0.4 is 5.32 Å². The molecule has 0 aromatic heterocycles. The number of rotatable bonds is 4. The first-order valence-corrected chi connectivity index (χ1v) is 6.93. The topological polar surface area (TPSA) is 52.6 Å². The lowest BCUT2D eigenvalue weighted by molar-refractivity contribution is 0.0677. The molecule has 1 aromatic rings. The van der Waals surface area contributed by atoms with Crippen molar-refractivity contribution in [2.24, 2.45) is 0 Å². The van der Waals surface area contributed by atoms with Gasteiger partial charge in [0.1, 0.15) is 0 Å². The van der Waals surface area contributed by atoms with Crippen molar-refractivity contribution in [1.82, 2.24) is 4.90 Å². The van der Waals surface area contributed by atoms with Crippen LogP contribution in [0, 0.1) is 6.92 Å². The molecule has 0 aliphatic carbocycles. The Kier molecular flexibility index (Phi) is 4.43. The molecule has 1 fully saturated rings. The Morgan fingerprint density at radius 1 is 1.53 bits per heavy atom. The Labute approximate surface area is 114 Å². The van der Waals surface area contributed by atoms with E-state index in [2.05, 4.69) is 5.32 Å². The highest BCUT2D eigenvalue weighted by Crippen LogP contribution is 2.22. The molecule has 0 bridgehead atoms. The summed E-state index contributed by atoms with van der Waals surface area (Å²) >= 11 is 0. The molecule has 2 rings (SSSR count). The van der Waals surface area contributed by atoms with Gasteiger partial charge in [0, 0.05) is 24.3 Å². The van der Waals surface area contributed by atoms with Gasteiger partial charge in [-0.1, -0.05) is 0 Å². The van der Waals surface area contributed by atoms with Crippen molar-refractivity contribution >= 4 is 11.6 Å². The predicted octanol–water partition coefficient (Wildman–Crippen LogP) is 2.02. The maximum Gasteiger partial charge on any atom is 0.254 e. The molecule has 1 aliphatic rings. The van der Waals surface area contributed by atoms with E-state index in [1.54, 1.807) is 4.90 Å². The van der Waals surface area contributed by atoms with Gasteiger partial charge >= 0.3 is 0 Å². The monoisotopic (exact) mass is 262 g/mol. The number of likely N-dealkylation sites (tertiary alicyclic amines) is 1. The average Bonchev–Trinajstić information content (AvgIpc) is 2.87. The Hall–Kier alpha value is -1.55. The number of hydrogen-bond donors (Lipinski definition) is 2. The van der Waals surface area contributed by atoms with Crippen LogP contribution in [0.1, 0.15) is 35.7 Å². The van der Waals surface area contributed by atoms with Crippen molar-refractivity contribution < 1.29 is 9.90 Å². The predicted molar refractivity (Wildman–Crippen MR) is 76.5 cm³/mol. The van der Waals surface area contributed by atoms with Crippen LogP contribution in [0.3, 0.4) is 0 Å². The van der Waals surface area contributed by atoms with Gasteiger partial charge in [0.05, 0.1) is 12.6 Å². The smallest absolute Gasteiger partial charge is 0.254 e. The minimum Gasteiger partial charge on any atom is -0.394 e. The van der Waals surface area contributed by atoms with E-state index in [1.165, 1.54) is 0 Å². The highest BCUT2D eigenvalue weighted by atomic mass is 16.3. The molecule has 1 aromatic carbocycles. The van der Waals surface area contributed by atoms with Crippen LogP contribution >= 0.6 is 0 Å². The van der Waals surface area contributed by atoms with E-state index in [1.807, 2.05) is 32.0 Å². The average molecular weight is 262 g/mol. The lowest BCUT2D eigenvalue weighted by Crippen LogP contribution is -2.37. The molecule has 4 heteroatoms. The summed E-state index contributed by atoms with van der Waals surface area (Å²) in [6.45, 7) is 5.67. The first-order chi connectivity index (χ1) is 9.17. The highest BCUT2D eigenvalue weighted by Gasteiger charge is 2.29. The van der Waals surface area contributed by atoms with E-state index >= 15 is 0 Å². The fourth-order valence-corrected chi connectivity index (χ4v) is 2.67. The minimum absolute atomic E-state index is 0.0136. The Morgan fingerprint density at radius 3 is 2.95 bits per heavy atom. The zero-order chi connectivity index (χ0) is 13.8. The molecule has 1 saturated heterocycles. The van der Waals surface area contributed by atoms with Gasteiger partial charge in [0.25, 0.3) is 5.91 Å². The van der Waals surface area contributed by atoms with Crippen molar-refractivity contribution in [1.29, 1.82) is 0 Å². The number of aryl methyl sites for hydroxylation is 1. The summed E-state index contributed by atoms with van der Waals surface area (Å²) in [4.78, 5) is 14.3.